The van der Waals surface area contributed by atoms with Gasteiger partial charge in [-0.25, -0.2) is 4.79 Å². The molecule has 0 aromatic rings. The van der Waals surface area contributed by atoms with Gasteiger partial charge in [0.25, 0.3) is 0 Å². The van der Waals surface area contributed by atoms with E-state index in [1.807, 2.05) is 57.6 Å². The lowest BCUT2D eigenvalue weighted by Gasteiger charge is -2.31. The first-order valence-electron chi connectivity index (χ1n) is 23.4. The van der Waals surface area contributed by atoms with Gasteiger partial charge in [-0.1, -0.05) is 182 Å². The van der Waals surface area contributed by atoms with E-state index < -0.39 is 18.1 Å². The Bertz CT molecular complexity index is 1300. The zero-order valence-corrected chi connectivity index (χ0v) is 38.6. The molecule has 2 unspecified atom stereocenters. The van der Waals surface area contributed by atoms with Crippen LogP contribution in [0.4, 0.5) is 0 Å². The number of hydrogen-bond acceptors (Lipinski definition) is 6. The van der Waals surface area contributed by atoms with E-state index in [-0.39, 0.29) is 36.2 Å². The number of aliphatic carboxylic acids is 1. The Morgan fingerprint density at radius 2 is 0.917 bits per heavy atom. The lowest BCUT2D eigenvalue weighted by atomic mass is 10.1. The van der Waals surface area contributed by atoms with Gasteiger partial charge in [-0.3, -0.25) is 9.59 Å². The minimum absolute atomic E-state index is 0.0376. The fourth-order valence-corrected chi connectivity index (χ4v) is 6.24. The van der Waals surface area contributed by atoms with Crippen LogP contribution in [0.3, 0.4) is 0 Å². The monoisotopic (exact) mass is 837 g/mol. The summed E-state index contributed by atoms with van der Waals surface area (Å²) < 4.78 is 17.3. The number of carbonyl (C=O) groups is 3. The minimum atomic E-state index is -0.887. The van der Waals surface area contributed by atoms with Crippen molar-refractivity contribution in [1.29, 1.82) is 0 Å². The maximum absolute atomic E-state index is 12.8. The molecule has 340 valence electrons. The van der Waals surface area contributed by atoms with Crippen LogP contribution < -0.4 is 0 Å². The zero-order valence-electron chi connectivity index (χ0n) is 38.6. The Kier molecular flexibility index (Phi) is 39.3. The molecule has 0 saturated carbocycles. The van der Waals surface area contributed by atoms with Gasteiger partial charge in [0.1, 0.15) is 6.61 Å². The largest absolute Gasteiger partial charge is 0.477 e. The van der Waals surface area contributed by atoms with Crippen LogP contribution in [0.1, 0.15) is 162 Å². The Balaban J connectivity index is 4.45. The molecule has 8 heteroatoms. The van der Waals surface area contributed by atoms with E-state index in [2.05, 4.69) is 74.6 Å². The van der Waals surface area contributed by atoms with Gasteiger partial charge in [0.2, 0.25) is 0 Å². The Labute approximate surface area is 366 Å². The minimum Gasteiger partial charge on any atom is -0.477 e. The molecule has 0 aromatic heterocycles. The predicted octanol–water partition coefficient (Wildman–Crippen LogP) is 13.1. The molecular weight excluding hydrogens is 751 g/mol. The smallest absolute Gasteiger partial charge is 0.362 e. The molecule has 0 saturated heterocycles. The quantitative estimate of drug-likeness (QED) is 0.0284. The van der Waals surface area contributed by atoms with Crippen LogP contribution in [0.2, 0.25) is 0 Å². The molecular formula is C52H86NO7+. The summed E-state index contributed by atoms with van der Waals surface area (Å²) in [4.78, 5) is 37.1. The third-order valence-corrected chi connectivity index (χ3v) is 9.88. The van der Waals surface area contributed by atoms with Crippen molar-refractivity contribution in [2.45, 2.75) is 174 Å². The van der Waals surface area contributed by atoms with Crippen molar-refractivity contribution in [2.24, 2.45) is 0 Å². The van der Waals surface area contributed by atoms with Crippen molar-refractivity contribution in [2.75, 3.05) is 41.0 Å². The van der Waals surface area contributed by atoms with Crippen LogP contribution >= 0.6 is 0 Å². The number of nitrogens with zero attached hydrogens (tertiary/aromatic N) is 1. The van der Waals surface area contributed by atoms with E-state index in [9.17, 15) is 19.5 Å². The van der Waals surface area contributed by atoms with E-state index in [0.717, 1.165) is 89.9 Å². The molecule has 0 bridgehead atoms. The van der Waals surface area contributed by atoms with Gasteiger partial charge in [0.05, 0.1) is 34.4 Å². The molecule has 0 heterocycles. The second-order valence-electron chi connectivity index (χ2n) is 16.5. The molecule has 8 nitrogen and oxygen atoms in total. The van der Waals surface area contributed by atoms with Gasteiger partial charge < -0.3 is 23.8 Å². The molecule has 1 N–H and O–H groups in total. The van der Waals surface area contributed by atoms with Crippen molar-refractivity contribution >= 4 is 17.9 Å². The number of likely N-dealkylation sites (N-methyl/N-ethyl adjacent to an activating group) is 1. The van der Waals surface area contributed by atoms with Crippen LogP contribution in [0.15, 0.2) is 97.2 Å². The highest BCUT2D eigenvalue weighted by Crippen LogP contribution is 2.13. The molecule has 0 amide bonds. The third kappa shape index (κ3) is 39.7. The molecule has 0 rings (SSSR count). The summed E-state index contributed by atoms with van der Waals surface area (Å²) in [6, 6.07) is -0.629. The molecule has 0 aliphatic heterocycles. The average Bonchev–Trinajstić information content (AvgIpc) is 3.21. The molecule has 0 aliphatic carbocycles. The van der Waals surface area contributed by atoms with Crippen LogP contribution in [0.25, 0.3) is 0 Å². The highest BCUT2D eigenvalue weighted by Gasteiger charge is 2.31. The number of rotatable bonds is 40. The fraction of sp³-hybridized carbons (Fsp3) is 0.635. The summed E-state index contributed by atoms with van der Waals surface area (Å²) in [5.74, 6) is -1.54. The van der Waals surface area contributed by atoms with Crippen molar-refractivity contribution in [1.82, 2.24) is 0 Å². The first kappa shape index (κ1) is 56.2. The molecule has 0 radical (unpaired) electrons. The topological polar surface area (TPSA) is 99.1 Å². The van der Waals surface area contributed by atoms with Crippen LogP contribution in [0, 0.1) is 0 Å². The van der Waals surface area contributed by atoms with Gasteiger partial charge in [-0.2, -0.15) is 0 Å². The van der Waals surface area contributed by atoms with Crippen LogP contribution in [-0.4, -0.2) is 80.6 Å². The molecule has 0 spiro atoms. The lowest BCUT2D eigenvalue weighted by Crippen LogP contribution is -2.50. The molecule has 0 fully saturated rings. The summed E-state index contributed by atoms with van der Waals surface area (Å²) in [5, 5.41) is 9.63. The molecule has 2 atom stereocenters. The van der Waals surface area contributed by atoms with Gasteiger partial charge >= 0.3 is 17.9 Å². The summed E-state index contributed by atoms with van der Waals surface area (Å²) in [7, 11) is 5.50. The van der Waals surface area contributed by atoms with Crippen molar-refractivity contribution in [3.8, 4) is 0 Å². The van der Waals surface area contributed by atoms with Crippen LogP contribution in [-0.2, 0) is 28.6 Å². The number of quaternary nitrogens is 1. The van der Waals surface area contributed by atoms with E-state index in [4.69, 9.17) is 14.2 Å². The Morgan fingerprint density at radius 3 is 1.37 bits per heavy atom. The zero-order chi connectivity index (χ0) is 44.2. The maximum Gasteiger partial charge on any atom is 0.362 e. The van der Waals surface area contributed by atoms with Crippen LogP contribution in [0.5, 0.6) is 0 Å². The Morgan fingerprint density at radius 1 is 0.500 bits per heavy atom. The number of unbranched alkanes of at least 4 members (excludes halogenated alkanes) is 16. The number of carboxylic acid groups (broad SMARTS) is 1. The second-order valence-corrected chi connectivity index (χ2v) is 16.5. The number of ether oxygens (including phenoxy) is 3. The van der Waals surface area contributed by atoms with E-state index in [1.54, 1.807) is 0 Å². The molecule has 0 aromatic carbocycles. The first-order chi connectivity index (χ1) is 29.1. The lowest BCUT2D eigenvalue weighted by molar-refractivity contribution is -0.887. The number of carbonyl (C=O) groups excluding carboxylic acids is 2. The molecule has 60 heavy (non-hydrogen) atoms. The summed E-state index contributed by atoms with van der Waals surface area (Å²) in [6.07, 6.45) is 55.8. The van der Waals surface area contributed by atoms with Gasteiger partial charge in [0, 0.05) is 19.3 Å². The second kappa shape index (κ2) is 42.0. The van der Waals surface area contributed by atoms with E-state index in [0.29, 0.717) is 19.3 Å². The summed E-state index contributed by atoms with van der Waals surface area (Å²) in [5.41, 5.74) is 0. The van der Waals surface area contributed by atoms with Gasteiger partial charge in [-0.05, 0) is 57.8 Å². The number of esters is 2. The van der Waals surface area contributed by atoms with Gasteiger partial charge in [0.15, 0.2) is 12.1 Å². The van der Waals surface area contributed by atoms with Gasteiger partial charge in [-0.15, -0.1) is 0 Å². The normalized spacial score (nSPS) is 13.8. The van der Waals surface area contributed by atoms with E-state index >= 15 is 0 Å². The fourth-order valence-electron chi connectivity index (χ4n) is 6.24. The third-order valence-electron chi connectivity index (χ3n) is 9.88. The maximum atomic E-state index is 12.8. The highest BCUT2D eigenvalue weighted by atomic mass is 16.6. The number of hydrogen-bond donors (Lipinski definition) is 1. The van der Waals surface area contributed by atoms with Crippen molar-refractivity contribution < 1.29 is 38.2 Å². The average molecular weight is 837 g/mol. The van der Waals surface area contributed by atoms with Crippen molar-refractivity contribution in [3.63, 3.8) is 0 Å². The summed E-state index contributed by atoms with van der Waals surface area (Å²) >= 11 is 0. The first-order valence-corrected chi connectivity index (χ1v) is 23.4. The van der Waals surface area contributed by atoms with Crippen molar-refractivity contribution in [3.05, 3.63) is 97.2 Å². The Hall–Kier alpha value is -3.75. The SMILES string of the molecule is CCC/C=C/C=C/C=C/C=C/C=C/CCCCCCCC(=O)OCC(COCCC(C(=O)O)[N+](C)(C)C)OC(=O)CCCCCCC/C=C/C=C/C=C/CCCCCCC. The standard InChI is InChI=1S/C52H85NO7/c1-6-8-10-12-14-16-18-20-22-24-26-28-30-32-34-36-38-40-42-50(54)59-47-48(46-58-45-44-49(52(56)57)53(3,4)5)60-51(55)43-41-39-37-35-33-31-29-27-25-23-21-19-17-15-13-11-9-7-2/h10,12,14,16,18-29,48-49H,6-9,11,13,15,17,30-47H2,1-5H3/p+1/b12-10+,16-14+,20-18+,21-19+,24-22+,25-23+,28-26+,29-27+. The molecule has 0 aliphatic rings. The highest BCUT2D eigenvalue weighted by molar-refractivity contribution is 5.72. The number of allylic oxidation sites excluding steroid dienone is 16. The summed E-state index contributed by atoms with van der Waals surface area (Å²) in [6.45, 7) is 4.57. The van der Waals surface area contributed by atoms with E-state index in [1.165, 1.54) is 38.5 Å². The predicted molar refractivity (Wildman–Crippen MR) is 252 cm³/mol. The number of carboxylic acids is 1.